The molecule has 0 fully saturated rings. The third-order valence-corrected chi connectivity index (χ3v) is 1.59. The molecule has 0 amide bonds. The molecule has 0 aromatic carbocycles. The summed E-state index contributed by atoms with van der Waals surface area (Å²) in [5.41, 5.74) is 0. The van der Waals surface area contributed by atoms with Gasteiger partial charge in [-0.25, -0.2) is 0 Å². The summed E-state index contributed by atoms with van der Waals surface area (Å²) in [6.07, 6.45) is 4.13. The summed E-state index contributed by atoms with van der Waals surface area (Å²) in [5.74, 6) is -3.28. The number of aliphatic carboxylic acids is 2. The molecule has 0 saturated carbocycles. The number of carbonyl (C=O) groups excluding carboxylic acids is 1. The second kappa shape index (κ2) is 9.24. The van der Waals surface area contributed by atoms with E-state index in [2.05, 4.69) is 0 Å². The monoisotopic (exact) mass is 208 g/mol. The molecule has 0 heterocycles. The molecular formula is C9H13NaO4. The third-order valence-electron chi connectivity index (χ3n) is 1.59. The summed E-state index contributed by atoms with van der Waals surface area (Å²) < 4.78 is 0. The SMILES string of the molecule is CC/C=C/CC(CC(=O)[O-])C(=O)O.[Na+]. The van der Waals surface area contributed by atoms with Crippen LogP contribution in [-0.4, -0.2) is 17.0 Å². The number of allylic oxidation sites excluding steroid dienone is 2. The number of carbonyl (C=O) groups is 2. The van der Waals surface area contributed by atoms with Crippen molar-refractivity contribution >= 4 is 11.9 Å². The van der Waals surface area contributed by atoms with Crippen LogP contribution in [-0.2, 0) is 9.59 Å². The van der Waals surface area contributed by atoms with Crippen LogP contribution in [0, 0.1) is 5.92 Å². The normalized spacial score (nSPS) is 12.1. The molecule has 0 aliphatic carbocycles. The van der Waals surface area contributed by atoms with Crippen LogP contribution in [0.5, 0.6) is 0 Å². The molecule has 0 aliphatic heterocycles. The Labute approximate surface area is 105 Å². The van der Waals surface area contributed by atoms with Crippen LogP contribution in [0.4, 0.5) is 0 Å². The van der Waals surface area contributed by atoms with E-state index in [9.17, 15) is 14.7 Å². The zero-order chi connectivity index (χ0) is 10.3. The van der Waals surface area contributed by atoms with Gasteiger partial charge in [-0.1, -0.05) is 19.1 Å². The van der Waals surface area contributed by atoms with Gasteiger partial charge < -0.3 is 15.0 Å². The topological polar surface area (TPSA) is 77.4 Å². The Bertz CT molecular complexity index is 213. The molecule has 1 atom stereocenters. The number of carboxylic acid groups (broad SMARTS) is 2. The predicted octanol–water partition coefficient (Wildman–Crippen LogP) is -2.81. The maximum Gasteiger partial charge on any atom is 1.00 e. The van der Waals surface area contributed by atoms with Crippen molar-refractivity contribution in [2.24, 2.45) is 5.92 Å². The predicted molar refractivity (Wildman–Crippen MR) is 44.8 cm³/mol. The van der Waals surface area contributed by atoms with Crippen LogP contribution in [0.15, 0.2) is 12.2 Å². The van der Waals surface area contributed by atoms with Crippen LogP contribution in [0.1, 0.15) is 26.2 Å². The van der Waals surface area contributed by atoms with Gasteiger partial charge in [-0.05, 0) is 12.8 Å². The number of hydrogen-bond acceptors (Lipinski definition) is 3. The molecule has 0 saturated heterocycles. The van der Waals surface area contributed by atoms with Crippen molar-refractivity contribution in [1.29, 1.82) is 0 Å². The Hall–Kier alpha value is -0.320. The van der Waals surface area contributed by atoms with Gasteiger partial charge in [0, 0.05) is 12.4 Å². The van der Waals surface area contributed by atoms with Crippen molar-refractivity contribution < 1.29 is 49.4 Å². The summed E-state index contributed by atoms with van der Waals surface area (Å²) in [5, 5.41) is 18.7. The maximum absolute atomic E-state index is 10.5. The zero-order valence-electron chi connectivity index (χ0n) is 8.53. The number of carboxylic acids is 2. The molecule has 5 heteroatoms. The fraction of sp³-hybridized carbons (Fsp3) is 0.556. The van der Waals surface area contributed by atoms with E-state index in [-0.39, 0.29) is 36.0 Å². The first-order valence-electron chi connectivity index (χ1n) is 4.15. The Balaban J connectivity index is 0. The third kappa shape index (κ3) is 8.29. The van der Waals surface area contributed by atoms with E-state index >= 15 is 0 Å². The summed E-state index contributed by atoms with van der Waals surface area (Å²) in [4.78, 5) is 20.7. The van der Waals surface area contributed by atoms with Crippen molar-refractivity contribution in [2.45, 2.75) is 26.2 Å². The van der Waals surface area contributed by atoms with E-state index in [4.69, 9.17) is 5.11 Å². The van der Waals surface area contributed by atoms with E-state index in [1.54, 1.807) is 6.08 Å². The van der Waals surface area contributed by atoms with Gasteiger partial charge in [0.2, 0.25) is 0 Å². The number of rotatable bonds is 6. The van der Waals surface area contributed by atoms with Crippen LogP contribution in [0.25, 0.3) is 0 Å². The smallest absolute Gasteiger partial charge is 0.550 e. The van der Waals surface area contributed by atoms with E-state index in [0.717, 1.165) is 6.42 Å². The molecule has 0 bridgehead atoms. The average Bonchev–Trinajstić information content (AvgIpc) is 2.02. The van der Waals surface area contributed by atoms with Crippen LogP contribution >= 0.6 is 0 Å². The minimum atomic E-state index is -1.32. The molecule has 0 aromatic heterocycles. The van der Waals surface area contributed by atoms with Gasteiger partial charge in [0.1, 0.15) is 0 Å². The first-order chi connectivity index (χ1) is 6.07. The van der Waals surface area contributed by atoms with E-state index in [0.29, 0.717) is 0 Å². The summed E-state index contributed by atoms with van der Waals surface area (Å²) in [7, 11) is 0. The van der Waals surface area contributed by atoms with Gasteiger partial charge in [0.05, 0.1) is 5.92 Å². The van der Waals surface area contributed by atoms with Crippen LogP contribution < -0.4 is 34.7 Å². The van der Waals surface area contributed by atoms with Crippen LogP contribution in [0.3, 0.4) is 0 Å². The zero-order valence-corrected chi connectivity index (χ0v) is 10.5. The molecule has 1 N–H and O–H groups in total. The van der Waals surface area contributed by atoms with E-state index in [1.807, 2.05) is 13.0 Å². The van der Waals surface area contributed by atoms with Gasteiger partial charge in [-0.2, -0.15) is 0 Å². The largest absolute Gasteiger partial charge is 1.00 e. The quantitative estimate of drug-likeness (QED) is 0.377. The number of hydrogen-bond donors (Lipinski definition) is 1. The molecule has 4 nitrogen and oxygen atoms in total. The standard InChI is InChI=1S/C9H14O4.Na/c1-2-3-4-5-7(9(12)13)6-8(10)11;/h3-4,7H,2,5-6H2,1H3,(H,10,11)(H,12,13);/q;+1/p-1/b4-3+;. The van der Waals surface area contributed by atoms with E-state index < -0.39 is 24.3 Å². The fourth-order valence-electron chi connectivity index (χ4n) is 0.900. The van der Waals surface area contributed by atoms with Gasteiger partial charge >= 0.3 is 35.5 Å². The van der Waals surface area contributed by atoms with Crippen molar-refractivity contribution in [3.63, 3.8) is 0 Å². The summed E-state index contributed by atoms with van der Waals surface area (Å²) in [6.45, 7) is 1.92. The maximum atomic E-state index is 10.5. The second-order valence-corrected chi connectivity index (χ2v) is 2.73. The van der Waals surface area contributed by atoms with Gasteiger partial charge in [0.15, 0.2) is 0 Å². The van der Waals surface area contributed by atoms with Gasteiger partial charge in [0.25, 0.3) is 0 Å². The Morgan fingerprint density at radius 1 is 1.43 bits per heavy atom. The van der Waals surface area contributed by atoms with Gasteiger partial charge in [-0.3, -0.25) is 4.79 Å². The molecular weight excluding hydrogens is 195 g/mol. The van der Waals surface area contributed by atoms with Crippen LogP contribution in [0.2, 0.25) is 0 Å². The second-order valence-electron chi connectivity index (χ2n) is 2.73. The van der Waals surface area contributed by atoms with Crippen molar-refractivity contribution in [2.75, 3.05) is 0 Å². The summed E-state index contributed by atoms with van der Waals surface area (Å²) >= 11 is 0. The Kier molecular flexibility index (Phi) is 10.6. The molecule has 14 heavy (non-hydrogen) atoms. The van der Waals surface area contributed by atoms with Crippen molar-refractivity contribution in [3.8, 4) is 0 Å². The average molecular weight is 208 g/mol. The molecule has 0 spiro atoms. The Morgan fingerprint density at radius 2 is 2.00 bits per heavy atom. The first-order valence-corrected chi connectivity index (χ1v) is 4.15. The molecule has 0 radical (unpaired) electrons. The molecule has 74 valence electrons. The van der Waals surface area contributed by atoms with E-state index in [1.165, 1.54) is 0 Å². The molecule has 1 unspecified atom stereocenters. The first kappa shape index (κ1) is 16.1. The fourth-order valence-corrected chi connectivity index (χ4v) is 0.900. The Morgan fingerprint density at radius 3 is 2.36 bits per heavy atom. The summed E-state index contributed by atoms with van der Waals surface area (Å²) in [6, 6.07) is 0. The minimum Gasteiger partial charge on any atom is -0.550 e. The minimum absolute atomic E-state index is 0. The van der Waals surface area contributed by atoms with Gasteiger partial charge in [-0.15, -0.1) is 0 Å². The van der Waals surface area contributed by atoms with Crippen molar-refractivity contribution in [1.82, 2.24) is 0 Å². The van der Waals surface area contributed by atoms with Crippen molar-refractivity contribution in [3.05, 3.63) is 12.2 Å². The molecule has 0 aliphatic rings. The molecule has 0 aromatic rings. The molecule has 0 rings (SSSR count).